The van der Waals surface area contributed by atoms with E-state index >= 15 is 0 Å². The van der Waals surface area contributed by atoms with Gasteiger partial charge in [-0.05, 0) is 52.2 Å². The maximum absolute atomic E-state index is 12.1. The summed E-state index contributed by atoms with van der Waals surface area (Å²) in [5, 5.41) is 0. The molecule has 102 valence electrons. The summed E-state index contributed by atoms with van der Waals surface area (Å²) < 4.78 is 27.9. The number of anilines is 1. The molecule has 0 aliphatic rings. The summed E-state index contributed by atoms with van der Waals surface area (Å²) >= 11 is 4.45. The van der Waals surface area contributed by atoms with E-state index in [2.05, 4.69) is 27.6 Å². The Labute approximate surface area is 125 Å². The van der Waals surface area contributed by atoms with Gasteiger partial charge in [0.1, 0.15) is 4.21 Å². The fraction of sp³-hybridized carbons (Fsp3) is 0.231. The second-order valence-corrected chi connectivity index (χ2v) is 8.48. The smallest absolute Gasteiger partial charge is 0.271 e. The number of hydrogen-bond donors (Lipinski definition) is 1. The first-order valence-corrected chi connectivity index (χ1v) is 8.97. The lowest BCUT2D eigenvalue weighted by molar-refractivity contribution is 0.603. The fourth-order valence-electron chi connectivity index (χ4n) is 1.68. The molecule has 6 heteroatoms. The third kappa shape index (κ3) is 3.81. The Hall–Kier alpha value is -0.850. The standard InChI is InChI=1S/C13H14BrNO2S2/c1-2-3-10-4-6-11(7-5-10)15-19(16,17)13-9-8-12(14)18-13/h4-9,15H,2-3H2,1H3. The van der Waals surface area contributed by atoms with Crippen molar-refractivity contribution >= 4 is 43.0 Å². The molecule has 0 amide bonds. The zero-order valence-electron chi connectivity index (χ0n) is 10.4. The van der Waals surface area contributed by atoms with Gasteiger partial charge in [-0.3, -0.25) is 4.72 Å². The number of thiophene rings is 1. The first-order valence-electron chi connectivity index (χ1n) is 5.88. The molecule has 1 N–H and O–H groups in total. The summed E-state index contributed by atoms with van der Waals surface area (Å²) in [5.74, 6) is 0. The van der Waals surface area contributed by atoms with Gasteiger partial charge in [0.15, 0.2) is 0 Å². The second-order valence-electron chi connectivity index (χ2n) is 4.11. The molecule has 1 aromatic carbocycles. The summed E-state index contributed by atoms with van der Waals surface area (Å²) in [7, 11) is -3.48. The van der Waals surface area contributed by atoms with Gasteiger partial charge >= 0.3 is 0 Å². The molecule has 1 aromatic heterocycles. The average molecular weight is 360 g/mol. The molecule has 1 heterocycles. The molecule has 2 aromatic rings. The lowest BCUT2D eigenvalue weighted by Crippen LogP contribution is -2.11. The van der Waals surface area contributed by atoms with Gasteiger partial charge in [0.05, 0.1) is 3.79 Å². The third-order valence-electron chi connectivity index (χ3n) is 2.56. The summed E-state index contributed by atoms with van der Waals surface area (Å²) in [6, 6.07) is 10.8. The largest absolute Gasteiger partial charge is 0.279 e. The van der Waals surface area contributed by atoms with E-state index in [9.17, 15) is 8.42 Å². The van der Waals surface area contributed by atoms with Gasteiger partial charge in [0.2, 0.25) is 0 Å². The number of aryl methyl sites for hydroxylation is 1. The van der Waals surface area contributed by atoms with Crippen LogP contribution >= 0.6 is 27.3 Å². The van der Waals surface area contributed by atoms with Crippen molar-refractivity contribution in [3.05, 3.63) is 45.7 Å². The molecular weight excluding hydrogens is 346 g/mol. The minimum Gasteiger partial charge on any atom is -0.279 e. The van der Waals surface area contributed by atoms with Crippen LogP contribution in [0.1, 0.15) is 18.9 Å². The minimum absolute atomic E-state index is 0.303. The van der Waals surface area contributed by atoms with Crippen LogP contribution in [0, 0.1) is 0 Å². The molecule has 0 radical (unpaired) electrons. The molecule has 0 aliphatic carbocycles. The van der Waals surface area contributed by atoms with Crippen LogP contribution in [-0.4, -0.2) is 8.42 Å². The van der Waals surface area contributed by atoms with E-state index in [0.29, 0.717) is 9.90 Å². The second kappa shape index (κ2) is 6.07. The predicted molar refractivity (Wildman–Crippen MR) is 83.3 cm³/mol. The zero-order chi connectivity index (χ0) is 13.9. The summed E-state index contributed by atoms with van der Waals surface area (Å²) in [4.78, 5) is 0. The van der Waals surface area contributed by atoms with Gasteiger partial charge in [0.25, 0.3) is 10.0 Å². The molecule has 0 saturated carbocycles. The van der Waals surface area contributed by atoms with E-state index in [0.717, 1.165) is 16.6 Å². The Morgan fingerprint density at radius 1 is 1.16 bits per heavy atom. The first kappa shape index (κ1) is 14.6. The van der Waals surface area contributed by atoms with E-state index in [4.69, 9.17) is 0 Å². The third-order valence-corrected chi connectivity index (χ3v) is 6.06. The van der Waals surface area contributed by atoms with Crippen LogP contribution in [0.25, 0.3) is 0 Å². The van der Waals surface area contributed by atoms with E-state index < -0.39 is 10.0 Å². The maximum atomic E-state index is 12.1. The van der Waals surface area contributed by atoms with E-state index in [1.165, 1.54) is 16.9 Å². The summed E-state index contributed by atoms with van der Waals surface area (Å²) in [6.07, 6.45) is 2.08. The highest BCUT2D eigenvalue weighted by molar-refractivity contribution is 9.11. The molecule has 2 rings (SSSR count). The Morgan fingerprint density at radius 3 is 2.37 bits per heavy atom. The van der Waals surface area contributed by atoms with Crippen LogP contribution in [0.4, 0.5) is 5.69 Å². The molecule has 0 aliphatic heterocycles. The maximum Gasteiger partial charge on any atom is 0.271 e. The monoisotopic (exact) mass is 359 g/mol. The van der Waals surface area contributed by atoms with Gasteiger partial charge < -0.3 is 0 Å². The highest BCUT2D eigenvalue weighted by Crippen LogP contribution is 2.27. The van der Waals surface area contributed by atoms with E-state index in [1.54, 1.807) is 24.3 Å². The quantitative estimate of drug-likeness (QED) is 0.866. The van der Waals surface area contributed by atoms with Gasteiger partial charge in [-0.1, -0.05) is 25.5 Å². The molecule has 0 atom stereocenters. The molecular formula is C13H14BrNO2S2. The highest BCUT2D eigenvalue weighted by atomic mass is 79.9. The van der Waals surface area contributed by atoms with E-state index in [-0.39, 0.29) is 0 Å². The van der Waals surface area contributed by atoms with Gasteiger partial charge in [0, 0.05) is 5.69 Å². The molecule has 0 bridgehead atoms. The van der Waals surface area contributed by atoms with Crippen LogP contribution in [0.2, 0.25) is 0 Å². The SMILES string of the molecule is CCCc1ccc(NS(=O)(=O)c2ccc(Br)s2)cc1. The topological polar surface area (TPSA) is 46.2 Å². The van der Waals surface area contributed by atoms with E-state index in [1.807, 2.05) is 12.1 Å². The fourth-order valence-corrected chi connectivity index (χ4v) is 4.74. The predicted octanol–water partition coefficient (Wildman–Crippen LogP) is 4.26. The summed E-state index contributed by atoms with van der Waals surface area (Å²) in [6.45, 7) is 2.12. The van der Waals surface area contributed by atoms with Crippen LogP contribution in [0.5, 0.6) is 0 Å². The Balaban J connectivity index is 2.16. The van der Waals surface area contributed by atoms with Crippen LogP contribution in [-0.2, 0) is 16.4 Å². The zero-order valence-corrected chi connectivity index (χ0v) is 13.6. The highest BCUT2D eigenvalue weighted by Gasteiger charge is 2.16. The van der Waals surface area contributed by atoms with Crippen molar-refractivity contribution in [2.45, 2.75) is 24.0 Å². The molecule has 0 spiro atoms. The van der Waals surface area contributed by atoms with Crippen molar-refractivity contribution in [3.8, 4) is 0 Å². The van der Waals surface area contributed by atoms with Gasteiger partial charge in [-0.2, -0.15) is 0 Å². The number of rotatable bonds is 5. The molecule has 3 nitrogen and oxygen atoms in total. The lowest BCUT2D eigenvalue weighted by atomic mass is 10.1. The number of benzene rings is 1. The van der Waals surface area contributed by atoms with Crippen LogP contribution < -0.4 is 4.72 Å². The number of sulfonamides is 1. The molecule has 0 saturated heterocycles. The van der Waals surface area contributed by atoms with Crippen molar-refractivity contribution in [2.75, 3.05) is 4.72 Å². The number of nitrogens with one attached hydrogen (secondary N) is 1. The van der Waals surface area contributed by atoms with Crippen LogP contribution in [0.3, 0.4) is 0 Å². The lowest BCUT2D eigenvalue weighted by Gasteiger charge is -2.07. The number of halogens is 1. The van der Waals surface area contributed by atoms with Crippen molar-refractivity contribution in [2.24, 2.45) is 0 Å². The minimum atomic E-state index is -3.48. The van der Waals surface area contributed by atoms with Gasteiger partial charge in [-0.25, -0.2) is 8.42 Å². The normalized spacial score (nSPS) is 11.5. The number of hydrogen-bond acceptors (Lipinski definition) is 3. The molecule has 0 fully saturated rings. The van der Waals surface area contributed by atoms with Crippen LogP contribution in [0.15, 0.2) is 44.4 Å². The van der Waals surface area contributed by atoms with Gasteiger partial charge in [-0.15, -0.1) is 11.3 Å². The van der Waals surface area contributed by atoms with Crippen molar-refractivity contribution in [3.63, 3.8) is 0 Å². The van der Waals surface area contributed by atoms with Crippen molar-refractivity contribution in [1.29, 1.82) is 0 Å². The Kier molecular flexibility index (Phi) is 4.65. The Bertz CT molecular complexity index is 648. The average Bonchev–Trinajstić information content (AvgIpc) is 2.79. The van der Waals surface area contributed by atoms with Crippen molar-refractivity contribution in [1.82, 2.24) is 0 Å². The molecule has 0 unspecified atom stereocenters. The first-order chi connectivity index (χ1) is 9.01. The van der Waals surface area contributed by atoms with Crippen molar-refractivity contribution < 1.29 is 8.42 Å². The summed E-state index contributed by atoms with van der Waals surface area (Å²) in [5.41, 5.74) is 1.80. The Morgan fingerprint density at radius 2 is 1.84 bits per heavy atom. The molecule has 19 heavy (non-hydrogen) atoms.